The molecule has 0 aromatic heterocycles. The van der Waals surface area contributed by atoms with Gasteiger partial charge in [0, 0.05) is 6.04 Å². The lowest BCUT2D eigenvalue weighted by atomic mass is 10.2. The van der Waals surface area contributed by atoms with Crippen LogP contribution in [0, 0.1) is 0 Å². The second-order valence-electron chi connectivity index (χ2n) is 2.81. The van der Waals surface area contributed by atoms with Crippen molar-refractivity contribution in [2.24, 2.45) is 0 Å². The average molecular weight is 144 g/mol. The molecule has 0 spiro atoms. The third-order valence-corrected chi connectivity index (χ3v) is 2.06. The zero-order valence-corrected chi connectivity index (χ0v) is 7.65. The van der Waals surface area contributed by atoms with Crippen molar-refractivity contribution >= 4 is 0 Å². The minimum Gasteiger partial charge on any atom is -0.320 e. The van der Waals surface area contributed by atoms with Crippen LogP contribution in [0.1, 0.15) is 20.3 Å². The molecule has 0 radical (unpaired) electrons. The first-order valence-electron chi connectivity index (χ1n) is 4.07. The monoisotopic (exact) mass is 144 g/mol. The number of nitrogens with zero attached hydrogens (tertiary/aromatic N) is 1. The summed E-state index contributed by atoms with van der Waals surface area (Å²) in [5.74, 6) is 0. The maximum atomic E-state index is 3.15. The molecule has 0 heterocycles. The molecular formula is C8H20N2. The zero-order chi connectivity index (χ0) is 7.98. The average Bonchev–Trinajstić information content (AvgIpc) is 1.98. The van der Waals surface area contributed by atoms with Crippen molar-refractivity contribution in [3.63, 3.8) is 0 Å². The Balaban J connectivity index is 3.31. The fourth-order valence-electron chi connectivity index (χ4n) is 0.885. The molecule has 2 heteroatoms. The summed E-state index contributed by atoms with van der Waals surface area (Å²) >= 11 is 0. The highest BCUT2D eigenvalue weighted by atomic mass is 15.1. The molecule has 0 saturated heterocycles. The molecular weight excluding hydrogens is 124 g/mol. The highest BCUT2D eigenvalue weighted by Gasteiger charge is 2.04. The molecule has 0 aromatic carbocycles. The van der Waals surface area contributed by atoms with E-state index in [9.17, 15) is 0 Å². The Kier molecular flexibility index (Phi) is 5.64. The molecule has 1 unspecified atom stereocenters. The van der Waals surface area contributed by atoms with Crippen LogP contribution in [-0.4, -0.2) is 38.1 Å². The van der Waals surface area contributed by atoms with Crippen LogP contribution in [0.3, 0.4) is 0 Å². The normalized spacial score (nSPS) is 14.1. The van der Waals surface area contributed by atoms with Gasteiger partial charge in [0.2, 0.25) is 0 Å². The van der Waals surface area contributed by atoms with Crippen molar-refractivity contribution in [2.45, 2.75) is 26.3 Å². The van der Waals surface area contributed by atoms with Crippen molar-refractivity contribution in [1.29, 1.82) is 0 Å². The van der Waals surface area contributed by atoms with Gasteiger partial charge in [-0.1, -0.05) is 6.92 Å². The first-order valence-corrected chi connectivity index (χ1v) is 4.07. The van der Waals surface area contributed by atoms with E-state index in [-0.39, 0.29) is 0 Å². The molecule has 0 saturated carbocycles. The molecule has 62 valence electrons. The van der Waals surface area contributed by atoms with E-state index in [4.69, 9.17) is 0 Å². The largest absolute Gasteiger partial charge is 0.320 e. The molecule has 0 rings (SSSR count). The minimum atomic E-state index is 0.706. The summed E-state index contributed by atoms with van der Waals surface area (Å²) in [6, 6.07) is 0.706. The van der Waals surface area contributed by atoms with Crippen LogP contribution in [0.2, 0.25) is 0 Å². The van der Waals surface area contributed by atoms with Crippen molar-refractivity contribution in [3.8, 4) is 0 Å². The summed E-state index contributed by atoms with van der Waals surface area (Å²) in [6.07, 6.45) is 1.24. The summed E-state index contributed by atoms with van der Waals surface area (Å²) in [5.41, 5.74) is 0. The van der Waals surface area contributed by atoms with E-state index in [0.717, 1.165) is 13.1 Å². The van der Waals surface area contributed by atoms with Crippen molar-refractivity contribution in [1.82, 2.24) is 10.2 Å². The van der Waals surface area contributed by atoms with E-state index in [1.54, 1.807) is 0 Å². The fraction of sp³-hybridized carbons (Fsp3) is 1.00. The van der Waals surface area contributed by atoms with E-state index in [2.05, 4.69) is 31.1 Å². The van der Waals surface area contributed by atoms with Crippen molar-refractivity contribution in [3.05, 3.63) is 0 Å². The maximum absolute atomic E-state index is 3.15. The molecule has 0 fully saturated rings. The summed E-state index contributed by atoms with van der Waals surface area (Å²) in [5, 5.41) is 3.15. The lowest BCUT2D eigenvalue weighted by Gasteiger charge is -2.22. The van der Waals surface area contributed by atoms with Crippen LogP contribution in [0.5, 0.6) is 0 Å². The van der Waals surface area contributed by atoms with Crippen LogP contribution < -0.4 is 5.32 Å². The van der Waals surface area contributed by atoms with Gasteiger partial charge < -0.3 is 10.2 Å². The molecule has 2 nitrogen and oxygen atoms in total. The third-order valence-electron chi connectivity index (χ3n) is 2.06. The summed E-state index contributed by atoms with van der Waals surface area (Å²) in [4.78, 5) is 2.36. The number of rotatable bonds is 5. The van der Waals surface area contributed by atoms with E-state index < -0.39 is 0 Å². The number of hydrogen-bond acceptors (Lipinski definition) is 2. The molecule has 0 aliphatic rings. The Morgan fingerprint density at radius 1 is 1.50 bits per heavy atom. The van der Waals surface area contributed by atoms with Gasteiger partial charge in [-0.3, -0.25) is 0 Å². The summed E-state index contributed by atoms with van der Waals surface area (Å²) < 4.78 is 0. The molecule has 1 N–H and O–H groups in total. The lowest BCUT2D eigenvalue weighted by molar-refractivity contribution is 0.258. The quantitative estimate of drug-likeness (QED) is 0.617. The first kappa shape index (κ1) is 9.92. The van der Waals surface area contributed by atoms with Crippen LogP contribution in [-0.2, 0) is 0 Å². The summed E-state index contributed by atoms with van der Waals surface area (Å²) in [7, 11) is 4.17. The third kappa shape index (κ3) is 3.85. The Morgan fingerprint density at radius 3 is 2.50 bits per heavy atom. The molecule has 0 amide bonds. The van der Waals surface area contributed by atoms with E-state index in [0.29, 0.717) is 6.04 Å². The Hall–Kier alpha value is -0.0800. The Bertz CT molecular complexity index is 73.7. The standard InChI is InChI=1S/C8H20N2/c1-5-10(4)8(2)6-7-9-3/h8-9H,5-7H2,1-4H3. The van der Waals surface area contributed by atoms with Gasteiger partial charge in [0.05, 0.1) is 0 Å². The summed E-state index contributed by atoms with van der Waals surface area (Å²) in [6.45, 7) is 6.72. The molecule has 0 aromatic rings. The van der Waals surface area contributed by atoms with Crippen LogP contribution >= 0.6 is 0 Å². The van der Waals surface area contributed by atoms with Gasteiger partial charge in [0.25, 0.3) is 0 Å². The SMILES string of the molecule is CCN(C)C(C)CCNC. The predicted octanol–water partition coefficient (Wildman–Crippen LogP) is 0.936. The van der Waals surface area contributed by atoms with Gasteiger partial charge in [-0.15, -0.1) is 0 Å². The molecule has 10 heavy (non-hydrogen) atoms. The van der Waals surface area contributed by atoms with E-state index in [1.807, 2.05) is 7.05 Å². The smallest absolute Gasteiger partial charge is 0.00758 e. The van der Waals surface area contributed by atoms with Gasteiger partial charge in [-0.05, 0) is 40.5 Å². The Morgan fingerprint density at radius 2 is 2.10 bits per heavy atom. The van der Waals surface area contributed by atoms with Crippen LogP contribution in [0.25, 0.3) is 0 Å². The molecule has 0 aliphatic carbocycles. The number of hydrogen-bond donors (Lipinski definition) is 1. The molecule has 0 aliphatic heterocycles. The molecule has 1 atom stereocenters. The van der Waals surface area contributed by atoms with Gasteiger partial charge in [0.1, 0.15) is 0 Å². The topological polar surface area (TPSA) is 15.3 Å². The highest BCUT2D eigenvalue weighted by molar-refractivity contribution is 4.61. The molecule has 0 bridgehead atoms. The van der Waals surface area contributed by atoms with Gasteiger partial charge >= 0.3 is 0 Å². The number of nitrogens with one attached hydrogen (secondary N) is 1. The lowest BCUT2D eigenvalue weighted by Crippen LogP contribution is -2.31. The maximum Gasteiger partial charge on any atom is 0.00758 e. The van der Waals surface area contributed by atoms with Crippen LogP contribution in [0.4, 0.5) is 0 Å². The van der Waals surface area contributed by atoms with Gasteiger partial charge in [-0.2, -0.15) is 0 Å². The first-order chi connectivity index (χ1) is 4.72. The fourth-order valence-corrected chi connectivity index (χ4v) is 0.885. The minimum absolute atomic E-state index is 0.706. The Labute approximate surface area is 64.6 Å². The zero-order valence-electron chi connectivity index (χ0n) is 7.65. The van der Waals surface area contributed by atoms with E-state index in [1.165, 1.54) is 6.42 Å². The van der Waals surface area contributed by atoms with Crippen molar-refractivity contribution < 1.29 is 0 Å². The van der Waals surface area contributed by atoms with Gasteiger partial charge in [0.15, 0.2) is 0 Å². The van der Waals surface area contributed by atoms with E-state index >= 15 is 0 Å². The second-order valence-corrected chi connectivity index (χ2v) is 2.81. The van der Waals surface area contributed by atoms with Crippen molar-refractivity contribution in [2.75, 3.05) is 27.2 Å². The van der Waals surface area contributed by atoms with Crippen LogP contribution in [0.15, 0.2) is 0 Å². The predicted molar refractivity (Wildman–Crippen MR) is 46.3 cm³/mol. The highest BCUT2D eigenvalue weighted by Crippen LogP contribution is 1.97. The second kappa shape index (κ2) is 5.69. The van der Waals surface area contributed by atoms with Gasteiger partial charge in [-0.25, -0.2) is 0 Å².